The van der Waals surface area contributed by atoms with Crippen LogP contribution < -0.4 is 5.32 Å². The zero-order chi connectivity index (χ0) is 11.7. The highest BCUT2D eigenvalue weighted by atomic mass is 16.5. The van der Waals surface area contributed by atoms with Gasteiger partial charge in [-0.2, -0.15) is 0 Å². The second-order valence-electron chi connectivity index (χ2n) is 3.78. The Morgan fingerprint density at radius 1 is 1.47 bits per heavy atom. The Labute approximate surface area is 92.9 Å². The lowest BCUT2D eigenvalue weighted by molar-refractivity contribution is -0.139. The molecule has 88 valence electrons. The van der Waals surface area contributed by atoms with E-state index in [2.05, 4.69) is 25.7 Å². The van der Waals surface area contributed by atoms with Gasteiger partial charge >= 0.3 is 5.97 Å². The number of ether oxygens (including phenoxy) is 1. The predicted molar refractivity (Wildman–Crippen MR) is 62.8 cm³/mol. The molecule has 15 heavy (non-hydrogen) atoms. The maximum absolute atomic E-state index is 11.2. The topological polar surface area (TPSA) is 38.3 Å². The standard InChI is InChI=1S/C12H23NO2/c1-5-7-8-11(13-6-2)9-15-12(14)10(3)4/h11,13H,3,5-9H2,1-2,4H3. The summed E-state index contributed by atoms with van der Waals surface area (Å²) in [6.07, 6.45) is 3.37. The molecule has 0 bridgehead atoms. The third-order valence-corrected chi connectivity index (χ3v) is 2.16. The molecular formula is C12H23NO2. The minimum atomic E-state index is -0.297. The van der Waals surface area contributed by atoms with Gasteiger partial charge in [0.1, 0.15) is 6.61 Å². The van der Waals surface area contributed by atoms with Crippen LogP contribution >= 0.6 is 0 Å². The van der Waals surface area contributed by atoms with Gasteiger partial charge in [-0.15, -0.1) is 0 Å². The van der Waals surface area contributed by atoms with Gasteiger partial charge in [0.25, 0.3) is 0 Å². The number of carbonyl (C=O) groups is 1. The third kappa shape index (κ3) is 7.14. The molecule has 0 aromatic heterocycles. The Balaban J connectivity index is 3.83. The van der Waals surface area contributed by atoms with Crippen molar-refractivity contribution in [2.45, 2.75) is 46.1 Å². The molecule has 0 aromatic carbocycles. The fraction of sp³-hybridized carbons (Fsp3) is 0.750. The highest BCUT2D eigenvalue weighted by Gasteiger charge is 2.10. The number of nitrogens with one attached hydrogen (secondary N) is 1. The summed E-state index contributed by atoms with van der Waals surface area (Å²) < 4.78 is 5.11. The van der Waals surface area contributed by atoms with Crippen LogP contribution in [0.4, 0.5) is 0 Å². The van der Waals surface area contributed by atoms with Crippen molar-refractivity contribution in [3.8, 4) is 0 Å². The summed E-state index contributed by atoms with van der Waals surface area (Å²) in [4.78, 5) is 11.2. The highest BCUT2D eigenvalue weighted by molar-refractivity contribution is 5.86. The Kier molecular flexibility index (Phi) is 8.01. The van der Waals surface area contributed by atoms with Gasteiger partial charge in [-0.1, -0.05) is 33.3 Å². The van der Waals surface area contributed by atoms with Crippen LogP contribution in [0.5, 0.6) is 0 Å². The zero-order valence-corrected chi connectivity index (χ0v) is 10.1. The molecule has 3 heteroatoms. The van der Waals surface area contributed by atoms with Crippen LogP contribution in [0.25, 0.3) is 0 Å². The Morgan fingerprint density at radius 2 is 2.13 bits per heavy atom. The monoisotopic (exact) mass is 213 g/mol. The molecule has 1 N–H and O–H groups in total. The molecule has 0 amide bonds. The largest absolute Gasteiger partial charge is 0.461 e. The molecule has 1 unspecified atom stereocenters. The van der Waals surface area contributed by atoms with Crippen LogP contribution in [0.15, 0.2) is 12.2 Å². The van der Waals surface area contributed by atoms with Crippen LogP contribution in [0.3, 0.4) is 0 Å². The fourth-order valence-corrected chi connectivity index (χ4v) is 1.28. The van der Waals surface area contributed by atoms with Crippen molar-refractivity contribution in [2.75, 3.05) is 13.2 Å². The highest BCUT2D eigenvalue weighted by Crippen LogP contribution is 2.02. The average molecular weight is 213 g/mol. The molecule has 0 aliphatic carbocycles. The van der Waals surface area contributed by atoms with Crippen LogP contribution in [0.2, 0.25) is 0 Å². The fourth-order valence-electron chi connectivity index (χ4n) is 1.28. The van der Waals surface area contributed by atoms with Gasteiger partial charge in [-0.05, 0) is 19.9 Å². The van der Waals surface area contributed by atoms with Crippen LogP contribution in [-0.2, 0) is 9.53 Å². The number of hydrogen-bond donors (Lipinski definition) is 1. The maximum Gasteiger partial charge on any atom is 0.333 e. The maximum atomic E-state index is 11.2. The first-order valence-electron chi connectivity index (χ1n) is 5.67. The molecule has 0 rings (SSSR count). The molecule has 0 aromatic rings. The van der Waals surface area contributed by atoms with Crippen molar-refractivity contribution < 1.29 is 9.53 Å². The van der Waals surface area contributed by atoms with E-state index in [-0.39, 0.29) is 12.0 Å². The summed E-state index contributed by atoms with van der Waals surface area (Å²) in [6, 6.07) is 0.276. The number of unbranched alkanes of at least 4 members (excludes halogenated alkanes) is 1. The minimum Gasteiger partial charge on any atom is -0.461 e. The van der Waals surface area contributed by atoms with Gasteiger partial charge in [0.2, 0.25) is 0 Å². The quantitative estimate of drug-likeness (QED) is 0.496. The molecule has 0 aliphatic heterocycles. The van der Waals surface area contributed by atoms with E-state index in [0.717, 1.165) is 25.8 Å². The van der Waals surface area contributed by atoms with E-state index in [0.29, 0.717) is 12.2 Å². The summed E-state index contributed by atoms with van der Waals surface area (Å²) >= 11 is 0. The third-order valence-electron chi connectivity index (χ3n) is 2.16. The molecule has 0 saturated heterocycles. The predicted octanol–water partition coefficient (Wildman–Crippen LogP) is 2.27. The molecule has 0 radical (unpaired) electrons. The van der Waals surface area contributed by atoms with Gasteiger partial charge in [0.15, 0.2) is 0 Å². The normalized spacial score (nSPS) is 12.2. The minimum absolute atomic E-state index is 0.276. The van der Waals surface area contributed by atoms with E-state index < -0.39 is 0 Å². The van der Waals surface area contributed by atoms with Gasteiger partial charge in [0.05, 0.1) is 0 Å². The van der Waals surface area contributed by atoms with Gasteiger partial charge < -0.3 is 10.1 Å². The number of carbonyl (C=O) groups excluding carboxylic acids is 1. The summed E-state index contributed by atoms with van der Waals surface area (Å²) in [5.74, 6) is -0.297. The lowest BCUT2D eigenvalue weighted by atomic mass is 10.1. The molecule has 1 atom stereocenters. The lowest BCUT2D eigenvalue weighted by Crippen LogP contribution is -2.34. The van der Waals surface area contributed by atoms with Crippen molar-refractivity contribution in [1.82, 2.24) is 5.32 Å². The number of hydrogen-bond acceptors (Lipinski definition) is 3. The first kappa shape index (κ1) is 14.2. The van der Waals surface area contributed by atoms with E-state index in [4.69, 9.17) is 4.74 Å². The van der Waals surface area contributed by atoms with Gasteiger partial charge in [0, 0.05) is 11.6 Å². The van der Waals surface area contributed by atoms with Crippen molar-refractivity contribution in [3.63, 3.8) is 0 Å². The average Bonchev–Trinajstić information content (AvgIpc) is 2.21. The van der Waals surface area contributed by atoms with Gasteiger partial charge in [-0.25, -0.2) is 4.79 Å². The lowest BCUT2D eigenvalue weighted by Gasteiger charge is -2.17. The molecule has 3 nitrogen and oxygen atoms in total. The van der Waals surface area contributed by atoms with Crippen LogP contribution in [-0.4, -0.2) is 25.2 Å². The number of esters is 1. The SMILES string of the molecule is C=C(C)C(=O)OCC(CCCC)NCC. The molecule has 0 aliphatic rings. The van der Waals surface area contributed by atoms with Crippen molar-refractivity contribution >= 4 is 5.97 Å². The summed E-state index contributed by atoms with van der Waals surface area (Å²) in [5.41, 5.74) is 0.459. The second kappa shape index (κ2) is 8.48. The molecule has 0 spiro atoms. The van der Waals surface area contributed by atoms with E-state index in [1.54, 1.807) is 6.92 Å². The number of rotatable bonds is 8. The van der Waals surface area contributed by atoms with Crippen LogP contribution in [0.1, 0.15) is 40.0 Å². The van der Waals surface area contributed by atoms with Crippen LogP contribution in [0, 0.1) is 0 Å². The molecule has 0 fully saturated rings. The van der Waals surface area contributed by atoms with E-state index in [1.165, 1.54) is 0 Å². The Morgan fingerprint density at radius 3 is 2.60 bits per heavy atom. The molecular weight excluding hydrogens is 190 g/mol. The van der Waals surface area contributed by atoms with Gasteiger partial charge in [-0.3, -0.25) is 0 Å². The smallest absolute Gasteiger partial charge is 0.333 e. The molecule has 0 heterocycles. The summed E-state index contributed by atoms with van der Waals surface area (Å²) in [6.45, 7) is 10.8. The number of likely N-dealkylation sites (N-methyl/N-ethyl adjacent to an activating group) is 1. The zero-order valence-electron chi connectivity index (χ0n) is 10.1. The molecule has 0 saturated carbocycles. The van der Waals surface area contributed by atoms with E-state index >= 15 is 0 Å². The van der Waals surface area contributed by atoms with E-state index in [1.807, 2.05) is 0 Å². The van der Waals surface area contributed by atoms with Crippen molar-refractivity contribution in [1.29, 1.82) is 0 Å². The van der Waals surface area contributed by atoms with E-state index in [9.17, 15) is 4.79 Å². The second-order valence-corrected chi connectivity index (χ2v) is 3.78. The Bertz CT molecular complexity index is 202. The summed E-state index contributed by atoms with van der Waals surface area (Å²) in [5, 5.41) is 3.30. The van der Waals surface area contributed by atoms with Crippen molar-refractivity contribution in [2.24, 2.45) is 0 Å². The first-order chi connectivity index (χ1) is 7.11. The summed E-state index contributed by atoms with van der Waals surface area (Å²) in [7, 11) is 0. The van der Waals surface area contributed by atoms with Crippen molar-refractivity contribution in [3.05, 3.63) is 12.2 Å². The first-order valence-corrected chi connectivity index (χ1v) is 5.67. The Hall–Kier alpha value is -0.830.